The van der Waals surface area contributed by atoms with Gasteiger partial charge in [-0.2, -0.15) is 11.8 Å². The number of nitrogens with zero attached hydrogens (tertiary/aromatic N) is 1. The molecular weight excluding hydrogens is 204 g/mol. The summed E-state index contributed by atoms with van der Waals surface area (Å²) in [6.07, 6.45) is 5.19. The highest BCUT2D eigenvalue weighted by atomic mass is 32.2. The summed E-state index contributed by atoms with van der Waals surface area (Å²) >= 11 is 2.08. The Morgan fingerprint density at radius 3 is 2.80 bits per heavy atom. The molecule has 1 aliphatic heterocycles. The molecular formula is C12H24N2S. The Morgan fingerprint density at radius 2 is 2.13 bits per heavy atom. The van der Waals surface area contributed by atoms with Crippen LogP contribution in [0.15, 0.2) is 0 Å². The van der Waals surface area contributed by atoms with E-state index in [1.54, 1.807) is 0 Å². The zero-order chi connectivity index (χ0) is 10.7. The largest absolute Gasteiger partial charge is 0.324 e. The van der Waals surface area contributed by atoms with E-state index in [1.165, 1.54) is 50.3 Å². The molecule has 2 atom stereocenters. The highest BCUT2D eigenvalue weighted by molar-refractivity contribution is 7.99. The van der Waals surface area contributed by atoms with Crippen molar-refractivity contribution < 1.29 is 0 Å². The first-order valence-corrected chi connectivity index (χ1v) is 7.42. The Bertz CT molecular complexity index is 204. The van der Waals surface area contributed by atoms with Crippen molar-refractivity contribution in [3.8, 4) is 0 Å². The fraction of sp³-hybridized carbons (Fsp3) is 1.00. The summed E-state index contributed by atoms with van der Waals surface area (Å²) in [6.45, 7) is 5.99. The molecule has 0 radical (unpaired) electrons. The number of hydrogen-bond acceptors (Lipinski definition) is 3. The minimum Gasteiger partial charge on any atom is -0.324 e. The molecule has 1 saturated heterocycles. The van der Waals surface area contributed by atoms with Crippen LogP contribution in [0.1, 0.15) is 32.6 Å². The van der Waals surface area contributed by atoms with Gasteiger partial charge in [-0.3, -0.25) is 4.90 Å². The second-order valence-electron chi connectivity index (χ2n) is 5.45. The summed E-state index contributed by atoms with van der Waals surface area (Å²) < 4.78 is 0. The Hall–Kier alpha value is 0.270. The lowest BCUT2D eigenvalue weighted by molar-refractivity contribution is 0.158. The summed E-state index contributed by atoms with van der Waals surface area (Å²) in [5.41, 5.74) is 6.66. The molecule has 1 saturated carbocycles. The van der Waals surface area contributed by atoms with Gasteiger partial charge in [-0.25, -0.2) is 0 Å². The second kappa shape index (κ2) is 5.07. The molecule has 0 aromatic carbocycles. The predicted molar refractivity (Wildman–Crippen MR) is 68.3 cm³/mol. The third-order valence-corrected chi connectivity index (χ3v) is 4.71. The van der Waals surface area contributed by atoms with E-state index in [1.807, 2.05) is 0 Å². The average molecular weight is 228 g/mol. The Labute approximate surface area is 98.0 Å². The zero-order valence-corrected chi connectivity index (χ0v) is 10.7. The third kappa shape index (κ3) is 3.36. The van der Waals surface area contributed by atoms with Gasteiger partial charge in [0.25, 0.3) is 0 Å². The lowest BCUT2D eigenvalue weighted by Crippen LogP contribution is -2.54. The molecule has 0 bridgehead atoms. The van der Waals surface area contributed by atoms with Gasteiger partial charge in [-0.05, 0) is 18.8 Å². The number of rotatable bonds is 2. The van der Waals surface area contributed by atoms with Crippen LogP contribution in [0.4, 0.5) is 0 Å². The van der Waals surface area contributed by atoms with Gasteiger partial charge in [-0.1, -0.05) is 19.8 Å². The molecule has 88 valence electrons. The molecule has 0 amide bonds. The van der Waals surface area contributed by atoms with Crippen molar-refractivity contribution in [2.75, 3.05) is 31.1 Å². The lowest BCUT2D eigenvalue weighted by atomic mass is 9.77. The second-order valence-corrected chi connectivity index (χ2v) is 6.68. The maximum absolute atomic E-state index is 6.53. The minimum atomic E-state index is 0.125. The Morgan fingerprint density at radius 1 is 1.40 bits per heavy atom. The topological polar surface area (TPSA) is 29.3 Å². The number of nitrogens with two attached hydrogens (primary N) is 1. The normalized spacial score (nSPS) is 39.2. The van der Waals surface area contributed by atoms with Gasteiger partial charge in [-0.15, -0.1) is 0 Å². The van der Waals surface area contributed by atoms with Gasteiger partial charge < -0.3 is 5.73 Å². The van der Waals surface area contributed by atoms with Crippen LogP contribution in [0.25, 0.3) is 0 Å². The van der Waals surface area contributed by atoms with E-state index in [2.05, 4.69) is 23.6 Å². The van der Waals surface area contributed by atoms with E-state index in [0.29, 0.717) is 0 Å². The van der Waals surface area contributed by atoms with Crippen LogP contribution in [-0.2, 0) is 0 Å². The maximum atomic E-state index is 6.53. The van der Waals surface area contributed by atoms with Crippen molar-refractivity contribution in [1.82, 2.24) is 4.90 Å². The molecule has 3 heteroatoms. The van der Waals surface area contributed by atoms with Gasteiger partial charge in [0.05, 0.1) is 0 Å². The molecule has 0 aromatic rings. The summed E-state index contributed by atoms with van der Waals surface area (Å²) in [5, 5.41) is 0. The van der Waals surface area contributed by atoms with Crippen LogP contribution in [0.3, 0.4) is 0 Å². The van der Waals surface area contributed by atoms with Crippen molar-refractivity contribution in [2.45, 2.75) is 38.1 Å². The predicted octanol–water partition coefficient (Wildman–Crippen LogP) is 1.94. The molecule has 2 nitrogen and oxygen atoms in total. The van der Waals surface area contributed by atoms with Crippen LogP contribution in [0.2, 0.25) is 0 Å². The van der Waals surface area contributed by atoms with E-state index in [4.69, 9.17) is 5.73 Å². The van der Waals surface area contributed by atoms with Gasteiger partial charge in [0, 0.05) is 36.7 Å². The smallest absolute Gasteiger partial charge is 0.0285 e. The number of hydrogen-bond donors (Lipinski definition) is 1. The van der Waals surface area contributed by atoms with Crippen molar-refractivity contribution in [3.63, 3.8) is 0 Å². The highest BCUT2D eigenvalue weighted by Gasteiger charge is 2.32. The van der Waals surface area contributed by atoms with Crippen LogP contribution in [0, 0.1) is 5.92 Å². The summed E-state index contributed by atoms with van der Waals surface area (Å²) in [4.78, 5) is 2.58. The third-order valence-electron chi connectivity index (χ3n) is 3.77. The average Bonchev–Trinajstić information content (AvgIpc) is 2.18. The molecule has 1 aliphatic carbocycles. The molecule has 2 N–H and O–H groups in total. The molecule has 2 fully saturated rings. The first-order chi connectivity index (χ1) is 7.18. The first kappa shape index (κ1) is 11.7. The van der Waals surface area contributed by atoms with Crippen LogP contribution >= 0.6 is 11.8 Å². The summed E-state index contributed by atoms with van der Waals surface area (Å²) in [6, 6.07) is 0. The Balaban J connectivity index is 1.85. The standard InChI is InChI=1S/C12H24N2S/c1-11-3-2-4-12(13,9-11)10-14-5-7-15-8-6-14/h11H,2-10,13H2,1H3. The molecule has 0 spiro atoms. The maximum Gasteiger partial charge on any atom is 0.0285 e. The van der Waals surface area contributed by atoms with Crippen molar-refractivity contribution in [1.29, 1.82) is 0 Å². The minimum absolute atomic E-state index is 0.125. The van der Waals surface area contributed by atoms with Crippen molar-refractivity contribution in [3.05, 3.63) is 0 Å². The zero-order valence-electron chi connectivity index (χ0n) is 9.87. The molecule has 2 rings (SSSR count). The van der Waals surface area contributed by atoms with Crippen LogP contribution in [0.5, 0.6) is 0 Å². The number of thioether (sulfide) groups is 1. The van der Waals surface area contributed by atoms with Crippen LogP contribution in [-0.4, -0.2) is 41.6 Å². The highest BCUT2D eigenvalue weighted by Crippen LogP contribution is 2.31. The van der Waals surface area contributed by atoms with Gasteiger partial charge in [0.15, 0.2) is 0 Å². The molecule has 2 unspecified atom stereocenters. The van der Waals surface area contributed by atoms with Crippen molar-refractivity contribution >= 4 is 11.8 Å². The van der Waals surface area contributed by atoms with E-state index >= 15 is 0 Å². The van der Waals surface area contributed by atoms with Gasteiger partial charge in [0.1, 0.15) is 0 Å². The molecule has 15 heavy (non-hydrogen) atoms. The van der Waals surface area contributed by atoms with Gasteiger partial charge >= 0.3 is 0 Å². The van der Waals surface area contributed by atoms with E-state index in [9.17, 15) is 0 Å². The van der Waals surface area contributed by atoms with E-state index in [0.717, 1.165) is 12.5 Å². The Kier molecular flexibility index (Phi) is 3.97. The first-order valence-electron chi connectivity index (χ1n) is 6.27. The molecule has 1 heterocycles. The lowest BCUT2D eigenvalue weighted by Gasteiger charge is -2.41. The molecule has 2 aliphatic rings. The molecule has 0 aromatic heterocycles. The van der Waals surface area contributed by atoms with Crippen LogP contribution < -0.4 is 5.73 Å². The summed E-state index contributed by atoms with van der Waals surface area (Å²) in [5.74, 6) is 3.43. The SMILES string of the molecule is CC1CCCC(N)(CN2CCSCC2)C1. The van der Waals surface area contributed by atoms with E-state index < -0.39 is 0 Å². The fourth-order valence-corrected chi connectivity index (χ4v) is 4.03. The monoisotopic (exact) mass is 228 g/mol. The van der Waals surface area contributed by atoms with E-state index in [-0.39, 0.29) is 5.54 Å². The quantitative estimate of drug-likeness (QED) is 0.783. The van der Waals surface area contributed by atoms with Gasteiger partial charge in [0.2, 0.25) is 0 Å². The summed E-state index contributed by atoms with van der Waals surface area (Å²) in [7, 11) is 0. The van der Waals surface area contributed by atoms with Crippen molar-refractivity contribution in [2.24, 2.45) is 11.7 Å². The fourth-order valence-electron chi connectivity index (χ4n) is 3.05.